The number of phenolic OH excluding ortho intramolecular Hbond substituents is 1. The van der Waals surface area contributed by atoms with Gasteiger partial charge in [0.1, 0.15) is 28.2 Å². The molecule has 7 heteroatoms. The Morgan fingerprint density at radius 2 is 1.61 bits per heavy atom. The molecule has 0 bridgehead atoms. The van der Waals surface area contributed by atoms with E-state index >= 15 is 0 Å². The molecule has 0 aliphatic carbocycles. The molecule has 0 unspecified atom stereocenters. The molecule has 0 saturated carbocycles. The van der Waals surface area contributed by atoms with E-state index in [4.69, 9.17) is 5.10 Å². The van der Waals surface area contributed by atoms with Crippen LogP contribution in [0.2, 0.25) is 0 Å². The minimum absolute atomic E-state index is 0.0396. The van der Waals surface area contributed by atoms with Gasteiger partial charge in [0.2, 0.25) is 0 Å². The standard InChI is InChI=1S/C26H28N4O3/c1-25(2,3)15-13-17(26(4,5)6)23(31)21(14-15)30-28-19-11-7-9-16(22(19)29-30)18-10-8-12-20(27-18)24(32)33/h7-14,31H,1-6H3,(H,32,33). The van der Waals surface area contributed by atoms with Gasteiger partial charge in [-0.2, -0.15) is 0 Å². The lowest BCUT2D eigenvalue weighted by atomic mass is 9.80. The minimum atomic E-state index is -1.09. The van der Waals surface area contributed by atoms with Crippen LogP contribution in [0.4, 0.5) is 0 Å². The van der Waals surface area contributed by atoms with Crippen LogP contribution in [0.3, 0.4) is 0 Å². The molecule has 0 fully saturated rings. The van der Waals surface area contributed by atoms with Gasteiger partial charge in [0.05, 0.1) is 5.69 Å². The highest BCUT2D eigenvalue weighted by molar-refractivity contribution is 5.92. The molecule has 0 spiro atoms. The molecular weight excluding hydrogens is 416 g/mol. The lowest BCUT2D eigenvalue weighted by Crippen LogP contribution is -2.18. The molecule has 0 radical (unpaired) electrons. The van der Waals surface area contributed by atoms with E-state index in [1.54, 1.807) is 12.1 Å². The predicted molar refractivity (Wildman–Crippen MR) is 128 cm³/mol. The third-order valence-corrected chi connectivity index (χ3v) is 5.64. The van der Waals surface area contributed by atoms with Gasteiger partial charge in [0, 0.05) is 11.1 Å². The molecule has 2 N–H and O–H groups in total. The zero-order valence-corrected chi connectivity index (χ0v) is 19.7. The van der Waals surface area contributed by atoms with Crippen molar-refractivity contribution in [3.05, 3.63) is 65.4 Å². The first kappa shape index (κ1) is 22.5. The van der Waals surface area contributed by atoms with Crippen LogP contribution in [-0.4, -0.2) is 36.2 Å². The molecule has 4 aromatic rings. The Morgan fingerprint density at radius 3 is 2.24 bits per heavy atom. The second-order valence-corrected chi connectivity index (χ2v) is 10.3. The summed E-state index contributed by atoms with van der Waals surface area (Å²) >= 11 is 0. The van der Waals surface area contributed by atoms with Crippen molar-refractivity contribution in [2.24, 2.45) is 0 Å². The maximum Gasteiger partial charge on any atom is 0.354 e. The smallest absolute Gasteiger partial charge is 0.354 e. The summed E-state index contributed by atoms with van der Waals surface area (Å²) in [5.74, 6) is -0.949. The highest BCUT2D eigenvalue weighted by Crippen LogP contribution is 2.39. The Hall–Kier alpha value is -3.74. The summed E-state index contributed by atoms with van der Waals surface area (Å²) in [5, 5.41) is 29.8. The van der Waals surface area contributed by atoms with Crippen molar-refractivity contribution < 1.29 is 15.0 Å². The fraction of sp³-hybridized carbons (Fsp3) is 0.308. The first-order chi connectivity index (χ1) is 15.4. The average Bonchev–Trinajstić information content (AvgIpc) is 3.16. The van der Waals surface area contributed by atoms with E-state index in [9.17, 15) is 15.0 Å². The van der Waals surface area contributed by atoms with Gasteiger partial charge in [-0.1, -0.05) is 65.8 Å². The summed E-state index contributed by atoms with van der Waals surface area (Å²) in [6.07, 6.45) is 0. The molecule has 4 rings (SSSR count). The van der Waals surface area contributed by atoms with E-state index < -0.39 is 5.97 Å². The van der Waals surface area contributed by atoms with Crippen molar-refractivity contribution in [3.8, 4) is 22.7 Å². The van der Waals surface area contributed by atoms with Crippen molar-refractivity contribution in [1.29, 1.82) is 0 Å². The number of carboxylic acids is 1. The van der Waals surface area contributed by atoms with E-state index in [-0.39, 0.29) is 22.3 Å². The van der Waals surface area contributed by atoms with E-state index in [0.29, 0.717) is 28.0 Å². The highest BCUT2D eigenvalue weighted by Gasteiger charge is 2.26. The summed E-state index contributed by atoms with van der Waals surface area (Å²) in [6, 6.07) is 14.3. The molecule has 0 amide bonds. The van der Waals surface area contributed by atoms with Crippen LogP contribution < -0.4 is 0 Å². The van der Waals surface area contributed by atoms with Crippen LogP contribution in [0.25, 0.3) is 28.0 Å². The average molecular weight is 445 g/mol. The SMILES string of the molecule is CC(C)(C)c1cc(-n2nc3cccc(-c4cccc(C(=O)O)n4)c3n2)c(O)c(C(C)(C)C)c1. The number of aromatic carboxylic acids is 1. The molecule has 33 heavy (non-hydrogen) atoms. The number of aromatic nitrogens is 4. The number of rotatable bonds is 3. The van der Waals surface area contributed by atoms with Gasteiger partial charge in [0.25, 0.3) is 0 Å². The third-order valence-electron chi connectivity index (χ3n) is 5.64. The van der Waals surface area contributed by atoms with Crippen molar-refractivity contribution in [2.75, 3.05) is 0 Å². The number of benzene rings is 2. The Bertz CT molecular complexity index is 1370. The molecule has 170 valence electrons. The Balaban J connectivity index is 1.95. The highest BCUT2D eigenvalue weighted by atomic mass is 16.4. The Morgan fingerprint density at radius 1 is 0.909 bits per heavy atom. The first-order valence-corrected chi connectivity index (χ1v) is 10.8. The number of carboxylic acid groups (broad SMARTS) is 1. The van der Waals surface area contributed by atoms with Gasteiger partial charge in [-0.05, 0) is 40.7 Å². The molecule has 0 saturated heterocycles. The molecular formula is C26H28N4O3. The number of aromatic hydroxyl groups is 1. The normalized spacial score (nSPS) is 12.3. The van der Waals surface area contributed by atoms with Gasteiger partial charge >= 0.3 is 5.97 Å². The molecule has 2 aromatic carbocycles. The number of pyridine rings is 1. The van der Waals surface area contributed by atoms with E-state index in [1.807, 2.05) is 24.3 Å². The fourth-order valence-electron chi connectivity index (χ4n) is 3.73. The van der Waals surface area contributed by atoms with Crippen molar-refractivity contribution in [3.63, 3.8) is 0 Å². The number of carbonyl (C=O) groups is 1. The van der Waals surface area contributed by atoms with E-state index in [2.05, 4.69) is 57.7 Å². The van der Waals surface area contributed by atoms with Crippen LogP contribution >= 0.6 is 0 Å². The lowest BCUT2D eigenvalue weighted by molar-refractivity contribution is 0.0690. The summed E-state index contributed by atoms with van der Waals surface area (Å²) in [6.45, 7) is 12.6. The fourth-order valence-corrected chi connectivity index (χ4v) is 3.73. The van der Waals surface area contributed by atoms with E-state index in [0.717, 1.165) is 11.1 Å². The molecule has 0 atom stereocenters. The zero-order valence-electron chi connectivity index (χ0n) is 19.7. The van der Waals surface area contributed by atoms with Gasteiger partial charge in [0.15, 0.2) is 0 Å². The second-order valence-electron chi connectivity index (χ2n) is 10.3. The predicted octanol–water partition coefficient (Wildman–Crippen LogP) is 5.48. The van der Waals surface area contributed by atoms with Crippen LogP contribution in [0.5, 0.6) is 5.75 Å². The van der Waals surface area contributed by atoms with Crippen LogP contribution in [0.15, 0.2) is 48.5 Å². The minimum Gasteiger partial charge on any atom is -0.505 e. The number of hydrogen-bond acceptors (Lipinski definition) is 5. The summed E-state index contributed by atoms with van der Waals surface area (Å²) in [7, 11) is 0. The van der Waals surface area contributed by atoms with Crippen LogP contribution in [-0.2, 0) is 10.8 Å². The van der Waals surface area contributed by atoms with Crippen molar-refractivity contribution in [1.82, 2.24) is 20.0 Å². The number of hydrogen-bond donors (Lipinski definition) is 2. The van der Waals surface area contributed by atoms with Gasteiger partial charge in [-0.3, -0.25) is 0 Å². The van der Waals surface area contributed by atoms with Gasteiger partial charge < -0.3 is 10.2 Å². The summed E-state index contributed by atoms with van der Waals surface area (Å²) in [5.41, 5.74) is 4.29. The molecule has 2 heterocycles. The maximum atomic E-state index is 11.4. The van der Waals surface area contributed by atoms with E-state index in [1.165, 1.54) is 10.9 Å². The molecule has 0 aliphatic rings. The van der Waals surface area contributed by atoms with Gasteiger partial charge in [-0.25, -0.2) is 9.78 Å². The maximum absolute atomic E-state index is 11.4. The first-order valence-electron chi connectivity index (χ1n) is 10.8. The molecule has 0 aliphatic heterocycles. The van der Waals surface area contributed by atoms with Gasteiger partial charge in [-0.15, -0.1) is 15.0 Å². The topological polar surface area (TPSA) is 101 Å². The zero-order chi connectivity index (χ0) is 24.1. The second kappa shape index (κ2) is 7.69. The largest absolute Gasteiger partial charge is 0.505 e. The number of phenols is 1. The van der Waals surface area contributed by atoms with Crippen molar-refractivity contribution in [2.45, 2.75) is 52.4 Å². The Labute approximate surface area is 192 Å². The monoisotopic (exact) mass is 444 g/mol. The van der Waals surface area contributed by atoms with Crippen molar-refractivity contribution >= 4 is 17.0 Å². The third kappa shape index (κ3) is 4.18. The lowest BCUT2D eigenvalue weighted by Gasteiger charge is -2.27. The number of nitrogens with zero attached hydrogens (tertiary/aromatic N) is 4. The Kier molecular flexibility index (Phi) is 5.23. The molecule has 7 nitrogen and oxygen atoms in total. The molecule has 2 aromatic heterocycles. The summed E-state index contributed by atoms with van der Waals surface area (Å²) < 4.78 is 0. The van der Waals surface area contributed by atoms with Crippen LogP contribution in [0.1, 0.15) is 63.2 Å². The quantitative estimate of drug-likeness (QED) is 0.434. The number of fused-ring (bicyclic) bond motifs is 1. The van der Waals surface area contributed by atoms with Crippen LogP contribution in [0, 0.1) is 0 Å². The summed E-state index contributed by atoms with van der Waals surface area (Å²) in [4.78, 5) is 17.1.